The smallest absolute Gasteiger partial charge is 0.115 e. The summed E-state index contributed by atoms with van der Waals surface area (Å²) in [5, 5.41) is 47.3. The lowest BCUT2D eigenvalue weighted by molar-refractivity contribution is -0.710. The van der Waals surface area contributed by atoms with Crippen LogP contribution in [0.1, 0.15) is 0 Å². The average Bonchev–Trinajstić information content (AvgIpc) is 2.22. The number of hydrogen-bond acceptors (Lipinski definition) is 9. The van der Waals surface area contributed by atoms with E-state index in [9.17, 15) is 35.5 Å². The van der Waals surface area contributed by atoms with Crippen LogP contribution in [0, 0.1) is 0 Å². The number of hydrogen-bond donors (Lipinski definition) is 4. The average molecular weight is 257 g/mol. The van der Waals surface area contributed by atoms with Crippen LogP contribution < -0.4 is 15.0 Å². The Morgan fingerprint density at radius 1 is 0.812 bits per heavy atom. The molecule has 1 rings (SSSR count). The summed E-state index contributed by atoms with van der Waals surface area (Å²) in [5.41, 5.74) is 0. The standard InChI is InChI=1S/C6H11O9P/c7-1-2(8)5(14-11)4(10)6(3(1)9)15-16(12)13/h1-11H/q-2/p-1/t1-,2+,3-,4+,5-,6+/m1/s1. The Balaban J connectivity index is 2.82. The van der Waals surface area contributed by atoms with E-state index in [2.05, 4.69) is 9.41 Å². The largest absolute Gasteiger partial charge is 0.820 e. The SMILES string of the molecule is [O-]O[C@H]1[C@H](O)[C@@H](OP([O-])[O-])[C@H](O)[C@H](O)[C@@H]1O. The van der Waals surface area contributed by atoms with Gasteiger partial charge in [-0.05, 0) is 0 Å². The van der Waals surface area contributed by atoms with Crippen molar-refractivity contribution < 1.29 is 44.9 Å². The molecule has 6 atom stereocenters. The number of rotatable bonds is 3. The minimum atomic E-state index is -3.40. The van der Waals surface area contributed by atoms with Crippen LogP contribution >= 0.6 is 8.60 Å². The molecule has 0 aromatic carbocycles. The van der Waals surface area contributed by atoms with Crippen molar-refractivity contribution in [1.82, 2.24) is 0 Å². The monoisotopic (exact) mass is 257 g/mol. The van der Waals surface area contributed by atoms with Crippen LogP contribution in [0.25, 0.3) is 0 Å². The summed E-state index contributed by atoms with van der Waals surface area (Å²) in [4.78, 5) is 24.0. The van der Waals surface area contributed by atoms with Gasteiger partial charge in [-0.25, -0.2) is 0 Å². The fourth-order valence-electron chi connectivity index (χ4n) is 1.52. The number of aliphatic hydroxyl groups is 4. The molecule has 10 heteroatoms. The zero-order valence-electron chi connectivity index (χ0n) is 7.74. The van der Waals surface area contributed by atoms with Gasteiger partial charge in [0, 0.05) is 0 Å². The fourth-order valence-corrected chi connectivity index (χ4v) is 1.97. The molecule has 0 bridgehead atoms. The molecule has 0 aliphatic heterocycles. The van der Waals surface area contributed by atoms with Crippen LogP contribution in [0.4, 0.5) is 0 Å². The minimum absolute atomic E-state index is 1.77. The fraction of sp³-hybridized carbons (Fsp3) is 1.00. The highest BCUT2D eigenvalue weighted by Gasteiger charge is 2.49. The highest BCUT2D eigenvalue weighted by atomic mass is 31.2. The Morgan fingerprint density at radius 3 is 1.75 bits per heavy atom. The maximum atomic E-state index is 10.3. The van der Waals surface area contributed by atoms with E-state index in [1.54, 1.807) is 0 Å². The summed E-state index contributed by atoms with van der Waals surface area (Å²) in [7, 11) is -3.40. The first-order valence-corrected chi connectivity index (χ1v) is 5.31. The summed E-state index contributed by atoms with van der Waals surface area (Å²) < 4.78 is 4.13. The molecular formula is C6H10O9P-3. The zero-order valence-corrected chi connectivity index (χ0v) is 8.64. The predicted molar refractivity (Wildman–Crippen MR) is 40.7 cm³/mol. The first-order valence-electron chi connectivity index (χ1n) is 4.22. The molecule has 0 heterocycles. The van der Waals surface area contributed by atoms with E-state index in [1.807, 2.05) is 0 Å². The van der Waals surface area contributed by atoms with Gasteiger partial charge in [0.25, 0.3) is 0 Å². The summed E-state index contributed by atoms with van der Waals surface area (Å²) in [6.07, 6.45) is -11.0. The van der Waals surface area contributed by atoms with Crippen LogP contribution in [0.2, 0.25) is 0 Å². The van der Waals surface area contributed by atoms with E-state index < -0.39 is 45.2 Å². The molecule has 1 fully saturated rings. The summed E-state index contributed by atoms with van der Waals surface area (Å²) in [6, 6.07) is 0. The van der Waals surface area contributed by atoms with Gasteiger partial charge in [-0.2, -0.15) is 8.60 Å². The topological polar surface area (TPSA) is 169 Å². The van der Waals surface area contributed by atoms with Crippen LogP contribution in [0.5, 0.6) is 0 Å². The summed E-state index contributed by atoms with van der Waals surface area (Å²) >= 11 is 0. The van der Waals surface area contributed by atoms with Crippen molar-refractivity contribution in [2.24, 2.45) is 0 Å². The zero-order chi connectivity index (χ0) is 12.5. The van der Waals surface area contributed by atoms with Crippen molar-refractivity contribution in [2.45, 2.75) is 36.6 Å². The van der Waals surface area contributed by atoms with Crippen molar-refractivity contribution >= 4 is 8.60 Å². The second-order valence-corrected chi connectivity index (χ2v) is 3.97. The first-order chi connectivity index (χ1) is 7.40. The molecule has 16 heavy (non-hydrogen) atoms. The molecule has 0 spiro atoms. The van der Waals surface area contributed by atoms with E-state index in [0.29, 0.717) is 0 Å². The lowest BCUT2D eigenvalue weighted by Gasteiger charge is -2.47. The molecular weight excluding hydrogens is 247 g/mol. The van der Waals surface area contributed by atoms with Gasteiger partial charge in [0.1, 0.15) is 36.6 Å². The Hall–Kier alpha value is 0.0700. The normalized spacial score (nSPS) is 45.0. The Bertz CT molecular complexity index is 226. The highest BCUT2D eigenvalue weighted by molar-refractivity contribution is 7.36. The maximum absolute atomic E-state index is 10.3. The molecule has 0 saturated heterocycles. The van der Waals surface area contributed by atoms with Crippen molar-refractivity contribution in [3.05, 3.63) is 0 Å². The second-order valence-electron chi connectivity index (χ2n) is 3.32. The van der Waals surface area contributed by atoms with Gasteiger partial charge in [0.15, 0.2) is 0 Å². The molecule has 0 amide bonds. The van der Waals surface area contributed by atoms with E-state index in [0.717, 1.165) is 0 Å². The van der Waals surface area contributed by atoms with Crippen LogP contribution in [-0.4, -0.2) is 57.0 Å². The molecule has 0 unspecified atom stereocenters. The lowest BCUT2D eigenvalue weighted by Crippen LogP contribution is -2.65. The quantitative estimate of drug-likeness (QED) is 0.219. The minimum Gasteiger partial charge on any atom is -0.820 e. The molecule has 0 aromatic rings. The van der Waals surface area contributed by atoms with Crippen molar-refractivity contribution in [2.75, 3.05) is 0 Å². The van der Waals surface area contributed by atoms with Gasteiger partial charge in [0.05, 0.1) is 0 Å². The summed E-state index contributed by atoms with van der Waals surface area (Å²) in [5.74, 6) is 0. The molecule has 0 radical (unpaired) electrons. The third kappa shape index (κ3) is 2.66. The lowest BCUT2D eigenvalue weighted by atomic mass is 9.85. The van der Waals surface area contributed by atoms with Crippen molar-refractivity contribution in [3.63, 3.8) is 0 Å². The van der Waals surface area contributed by atoms with Gasteiger partial charge in [-0.1, -0.05) is 0 Å². The van der Waals surface area contributed by atoms with Gasteiger partial charge in [-0.15, -0.1) is 0 Å². The van der Waals surface area contributed by atoms with Crippen LogP contribution in [-0.2, 0) is 9.41 Å². The van der Waals surface area contributed by atoms with E-state index >= 15 is 0 Å². The van der Waals surface area contributed by atoms with Crippen LogP contribution in [0.3, 0.4) is 0 Å². The molecule has 4 N–H and O–H groups in total. The Kier molecular flexibility index (Phi) is 4.95. The third-order valence-corrected chi connectivity index (χ3v) is 2.78. The van der Waals surface area contributed by atoms with Crippen LogP contribution in [0.15, 0.2) is 0 Å². The van der Waals surface area contributed by atoms with Crippen molar-refractivity contribution in [1.29, 1.82) is 0 Å². The van der Waals surface area contributed by atoms with E-state index in [1.165, 1.54) is 0 Å². The number of aliphatic hydroxyl groups excluding tert-OH is 4. The van der Waals surface area contributed by atoms with Gasteiger partial charge in [-0.3, -0.25) is 0 Å². The van der Waals surface area contributed by atoms with Gasteiger partial charge in [0.2, 0.25) is 0 Å². The van der Waals surface area contributed by atoms with Crippen molar-refractivity contribution in [3.8, 4) is 0 Å². The molecule has 9 nitrogen and oxygen atoms in total. The molecule has 96 valence electrons. The highest BCUT2D eigenvalue weighted by Crippen LogP contribution is 2.30. The maximum Gasteiger partial charge on any atom is 0.115 e. The van der Waals surface area contributed by atoms with E-state index in [4.69, 9.17) is 0 Å². The molecule has 1 aliphatic carbocycles. The van der Waals surface area contributed by atoms with Gasteiger partial charge < -0.3 is 44.9 Å². The molecule has 1 saturated carbocycles. The van der Waals surface area contributed by atoms with E-state index in [-0.39, 0.29) is 0 Å². The first kappa shape index (κ1) is 14.1. The molecule has 0 aromatic heterocycles. The second kappa shape index (κ2) is 5.61. The molecule has 1 aliphatic rings. The summed E-state index contributed by atoms with van der Waals surface area (Å²) in [6.45, 7) is 0. The Morgan fingerprint density at radius 2 is 1.31 bits per heavy atom. The predicted octanol–water partition coefficient (Wildman–Crippen LogP) is -5.56. The Labute approximate surface area is 91.0 Å². The third-order valence-electron chi connectivity index (χ3n) is 2.37. The van der Waals surface area contributed by atoms with Gasteiger partial charge >= 0.3 is 0 Å².